The fourth-order valence-electron chi connectivity index (χ4n) is 8.27. The molecule has 2 aromatic carbocycles. The number of likely N-dealkylation sites (tertiary alicyclic amines) is 2. The van der Waals surface area contributed by atoms with Gasteiger partial charge in [-0.3, -0.25) is 14.7 Å². The third-order valence-electron chi connectivity index (χ3n) is 11.2. The molecule has 0 radical (unpaired) electrons. The van der Waals surface area contributed by atoms with Crippen molar-refractivity contribution in [3.63, 3.8) is 0 Å². The van der Waals surface area contributed by atoms with Gasteiger partial charge in [-0.2, -0.15) is 9.97 Å². The average molecular weight is 720 g/mol. The van der Waals surface area contributed by atoms with E-state index in [0.717, 1.165) is 25.5 Å². The topological polar surface area (TPSA) is 115 Å². The van der Waals surface area contributed by atoms with E-state index in [9.17, 15) is 23.5 Å². The predicted molar refractivity (Wildman–Crippen MR) is 184 cm³/mol. The van der Waals surface area contributed by atoms with Crippen molar-refractivity contribution >= 4 is 39.5 Å². The molecule has 0 saturated carbocycles. The maximum absolute atomic E-state index is 16.7. The Kier molecular flexibility index (Phi) is 8.63. The molecule has 0 unspecified atom stereocenters. The molecule has 4 aliphatic heterocycles. The van der Waals surface area contributed by atoms with Crippen LogP contribution in [0.5, 0.6) is 6.01 Å². The highest BCUT2D eigenvalue weighted by molar-refractivity contribution is 5.99. The van der Waals surface area contributed by atoms with Gasteiger partial charge in [-0.1, -0.05) is 30.3 Å². The van der Waals surface area contributed by atoms with E-state index in [1.165, 1.54) is 29.3 Å². The van der Waals surface area contributed by atoms with Crippen molar-refractivity contribution < 1.29 is 37.0 Å². The van der Waals surface area contributed by atoms with E-state index in [2.05, 4.69) is 14.9 Å². The maximum atomic E-state index is 16.7. The lowest BCUT2D eigenvalue weighted by atomic mass is 9.95. The Morgan fingerprint density at radius 3 is 2.71 bits per heavy atom. The summed E-state index contributed by atoms with van der Waals surface area (Å²) in [6.45, 7) is 2.37. The molecule has 8 rings (SSSR count). The number of likely N-dealkylation sites (N-methyl/N-ethyl adjacent to an activating group) is 1. The molecule has 1 N–H and O–H groups in total. The summed E-state index contributed by atoms with van der Waals surface area (Å²) in [4.78, 5) is 44.8. The Hall–Kier alpha value is -5.05. The summed E-state index contributed by atoms with van der Waals surface area (Å²) in [5.74, 6) is -3.02. The van der Waals surface area contributed by atoms with Gasteiger partial charge in [0, 0.05) is 68.9 Å². The van der Waals surface area contributed by atoms with E-state index in [1.54, 1.807) is 30.2 Å². The van der Waals surface area contributed by atoms with Crippen LogP contribution in [0.3, 0.4) is 0 Å². The van der Waals surface area contributed by atoms with Crippen molar-refractivity contribution in [1.29, 1.82) is 0 Å². The molecular formula is C37H37F4N7O4. The first-order chi connectivity index (χ1) is 25.0. The van der Waals surface area contributed by atoms with E-state index >= 15 is 8.78 Å². The van der Waals surface area contributed by atoms with Crippen LogP contribution in [0.15, 0.2) is 48.7 Å². The van der Waals surface area contributed by atoms with Gasteiger partial charge in [0.15, 0.2) is 17.5 Å². The van der Waals surface area contributed by atoms with Crippen molar-refractivity contribution in [2.45, 2.75) is 55.9 Å². The largest absolute Gasteiger partial charge is 0.465 e. The Balaban J connectivity index is 1.13. The molecule has 6 heterocycles. The van der Waals surface area contributed by atoms with E-state index in [0.29, 0.717) is 56.6 Å². The van der Waals surface area contributed by atoms with Crippen molar-refractivity contribution in [3.8, 4) is 17.3 Å². The minimum atomic E-state index is -1.12. The third kappa shape index (κ3) is 5.84. The summed E-state index contributed by atoms with van der Waals surface area (Å²) in [5.41, 5.74) is -0.831. The standard InChI is InChI=1S/C37H37F4N7O4/c1-45(24-10-14-46(19-24)28(49)9-7-23-11-15-48(23)36(50)51)34-26-17-42-32(25-5-2-4-21-6-8-27(39)30(40)29(21)25)31(41)33(26)43-35(44-34)52-20-37-12-3-13-47(37)18-22(38)16-37/h2,4-9,17,22-24H,3,10-16,18-20H2,1H3,(H,50,51)/b9-7+/t22-,23+,24-,37+/m1/s1. The predicted octanol–water partition coefficient (Wildman–Crippen LogP) is 5.56. The number of ether oxygens (including phenoxy) is 1. The van der Waals surface area contributed by atoms with Crippen molar-refractivity contribution in [2.75, 3.05) is 51.3 Å². The number of fused-ring (bicyclic) bond motifs is 3. The number of hydrogen-bond acceptors (Lipinski definition) is 8. The minimum Gasteiger partial charge on any atom is -0.465 e. The molecule has 0 spiro atoms. The van der Waals surface area contributed by atoms with Gasteiger partial charge in [0.25, 0.3) is 0 Å². The highest BCUT2D eigenvalue weighted by Crippen LogP contribution is 2.41. The van der Waals surface area contributed by atoms with Crippen LogP contribution in [-0.2, 0) is 4.79 Å². The summed E-state index contributed by atoms with van der Waals surface area (Å²) in [6.07, 6.45) is 5.59. The van der Waals surface area contributed by atoms with Crippen molar-refractivity contribution in [3.05, 3.63) is 66.1 Å². The van der Waals surface area contributed by atoms with Crippen LogP contribution >= 0.6 is 0 Å². The molecule has 2 aromatic heterocycles. The first-order valence-corrected chi connectivity index (χ1v) is 17.5. The second-order valence-electron chi connectivity index (χ2n) is 14.2. The number of alkyl halides is 1. The number of hydrogen-bond donors (Lipinski definition) is 1. The number of nitrogens with zero attached hydrogens (tertiary/aromatic N) is 7. The summed E-state index contributed by atoms with van der Waals surface area (Å²) in [5, 5.41) is 9.77. The summed E-state index contributed by atoms with van der Waals surface area (Å²) >= 11 is 0. The number of anilines is 1. The fraction of sp³-hybridized carbons (Fsp3) is 0.432. The normalized spacial score (nSPS) is 24.6. The third-order valence-corrected chi connectivity index (χ3v) is 11.2. The molecule has 4 atom stereocenters. The van der Waals surface area contributed by atoms with Gasteiger partial charge in [-0.15, -0.1) is 0 Å². The van der Waals surface area contributed by atoms with Crippen molar-refractivity contribution in [2.24, 2.45) is 0 Å². The van der Waals surface area contributed by atoms with Crippen molar-refractivity contribution in [1.82, 2.24) is 29.7 Å². The van der Waals surface area contributed by atoms with E-state index in [-0.39, 0.29) is 58.2 Å². The van der Waals surface area contributed by atoms with Crippen LogP contribution in [0.4, 0.5) is 28.2 Å². The second kappa shape index (κ2) is 13.2. The molecule has 4 aromatic rings. The zero-order valence-corrected chi connectivity index (χ0v) is 28.4. The lowest BCUT2D eigenvalue weighted by molar-refractivity contribution is -0.125. The van der Waals surface area contributed by atoms with E-state index < -0.39 is 35.3 Å². The van der Waals surface area contributed by atoms with E-state index in [4.69, 9.17) is 9.72 Å². The number of aromatic nitrogens is 3. The van der Waals surface area contributed by atoms with Gasteiger partial charge in [0.2, 0.25) is 5.91 Å². The molecule has 0 bridgehead atoms. The molecule has 2 amide bonds. The number of amides is 2. The Morgan fingerprint density at radius 2 is 1.92 bits per heavy atom. The quantitative estimate of drug-likeness (QED) is 0.185. The van der Waals surface area contributed by atoms with E-state index in [1.807, 2.05) is 4.90 Å². The Morgan fingerprint density at radius 1 is 1.08 bits per heavy atom. The lowest BCUT2D eigenvalue weighted by Gasteiger charge is -2.36. The van der Waals surface area contributed by atoms with Gasteiger partial charge in [0.1, 0.15) is 29.8 Å². The molecular weight excluding hydrogens is 682 g/mol. The molecule has 11 nitrogen and oxygen atoms in total. The van der Waals surface area contributed by atoms with Crippen LogP contribution in [-0.4, -0.2) is 117 Å². The lowest BCUT2D eigenvalue weighted by Crippen LogP contribution is -2.49. The zero-order chi connectivity index (χ0) is 36.3. The fourth-order valence-corrected chi connectivity index (χ4v) is 8.27. The van der Waals surface area contributed by atoms with Crippen LogP contribution < -0.4 is 9.64 Å². The first-order valence-electron chi connectivity index (χ1n) is 17.5. The molecule has 4 aliphatic rings. The van der Waals surface area contributed by atoms with Crippen LogP contribution in [0.1, 0.15) is 32.1 Å². The minimum absolute atomic E-state index is 0.0525. The maximum Gasteiger partial charge on any atom is 0.407 e. The van der Waals surface area contributed by atoms with Gasteiger partial charge in [0.05, 0.1) is 17.0 Å². The molecule has 4 saturated heterocycles. The molecule has 272 valence electrons. The number of rotatable bonds is 8. The average Bonchev–Trinajstić information content (AvgIpc) is 3.83. The van der Waals surface area contributed by atoms with Gasteiger partial charge < -0.3 is 24.5 Å². The summed E-state index contributed by atoms with van der Waals surface area (Å²) in [7, 11) is 1.77. The number of carboxylic acid groups (broad SMARTS) is 1. The van der Waals surface area contributed by atoms with Gasteiger partial charge >= 0.3 is 12.1 Å². The second-order valence-corrected chi connectivity index (χ2v) is 14.2. The number of carbonyl (C=O) groups is 2. The molecule has 4 fully saturated rings. The highest BCUT2D eigenvalue weighted by atomic mass is 19.2. The summed E-state index contributed by atoms with van der Waals surface area (Å²) < 4.78 is 67.0. The molecule has 15 heteroatoms. The zero-order valence-electron chi connectivity index (χ0n) is 28.4. The van der Waals surface area contributed by atoms with Gasteiger partial charge in [-0.05, 0) is 43.7 Å². The smallest absolute Gasteiger partial charge is 0.407 e. The summed E-state index contributed by atoms with van der Waals surface area (Å²) in [6, 6.07) is 6.41. The number of halogens is 4. The Bertz CT molecular complexity index is 2120. The highest BCUT2D eigenvalue weighted by Gasteiger charge is 2.49. The van der Waals surface area contributed by atoms with Crippen LogP contribution in [0.25, 0.3) is 32.9 Å². The van der Waals surface area contributed by atoms with Gasteiger partial charge in [-0.25, -0.2) is 22.4 Å². The SMILES string of the molecule is CN(c1nc(OC[C@@]23CCCN2C[C@H](F)C3)nc2c(F)c(-c3cccc4ccc(F)c(F)c34)ncc12)[C@@H]1CCN(C(=O)/C=C/[C@H]2CCN2C(=O)O)C1. The Labute approximate surface area is 296 Å². The number of benzene rings is 2. The first kappa shape index (κ1) is 34.1. The molecule has 52 heavy (non-hydrogen) atoms. The van der Waals surface area contributed by atoms with Crippen LogP contribution in [0.2, 0.25) is 0 Å². The monoisotopic (exact) mass is 719 g/mol. The van der Waals surface area contributed by atoms with Crippen LogP contribution in [0, 0.1) is 17.5 Å². The number of pyridine rings is 1. The number of carbonyl (C=O) groups excluding carboxylic acids is 1. The molecule has 0 aliphatic carbocycles.